The van der Waals surface area contributed by atoms with E-state index in [1.807, 2.05) is 36.4 Å². The van der Waals surface area contributed by atoms with E-state index in [1.165, 1.54) is 18.2 Å². The zero-order chi connectivity index (χ0) is 21.0. The molecule has 0 saturated carbocycles. The molecule has 0 unspecified atom stereocenters. The number of nitro benzene ring substituents is 1. The minimum atomic E-state index is -0.639. The maximum atomic E-state index is 12.4. The van der Waals surface area contributed by atoms with Gasteiger partial charge in [-0.3, -0.25) is 30.6 Å². The molecular formula is C21H19N3O5. The van der Waals surface area contributed by atoms with E-state index in [9.17, 15) is 19.7 Å². The van der Waals surface area contributed by atoms with Crippen molar-refractivity contribution in [3.8, 4) is 5.75 Å². The lowest BCUT2D eigenvalue weighted by Crippen LogP contribution is -2.43. The van der Waals surface area contributed by atoms with E-state index in [-0.39, 0.29) is 11.3 Å². The zero-order valence-corrected chi connectivity index (χ0v) is 15.8. The van der Waals surface area contributed by atoms with Crippen molar-refractivity contribution in [3.05, 3.63) is 81.9 Å². The molecule has 0 heterocycles. The van der Waals surface area contributed by atoms with Crippen LogP contribution in [0.1, 0.15) is 28.8 Å². The van der Waals surface area contributed by atoms with Gasteiger partial charge in [0.1, 0.15) is 5.75 Å². The Kier molecular flexibility index (Phi) is 5.73. The number of ether oxygens (including phenoxy) is 1. The molecule has 0 bridgehead atoms. The molecule has 3 aromatic carbocycles. The number of benzene rings is 3. The largest absolute Gasteiger partial charge is 0.497 e. The fourth-order valence-corrected chi connectivity index (χ4v) is 2.85. The summed E-state index contributed by atoms with van der Waals surface area (Å²) in [6, 6.07) is 16.6. The van der Waals surface area contributed by atoms with E-state index in [4.69, 9.17) is 4.74 Å². The number of hydrazine groups is 1. The van der Waals surface area contributed by atoms with Gasteiger partial charge in [0.2, 0.25) is 5.91 Å². The maximum absolute atomic E-state index is 12.4. The third-order valence-corrected chi connectivity index (χ3v) is 4.58. The van der Waals surface area contributed by atoms with Gasteiger partial charge in [0, 0.05) is 17.7 Å². The van der Waals surface area contributed by atoms with Crippen molar-refractivity contribution in [1.82, 2.24) is 10.9 Å². The number of nitro groups is 1. The predicted octanol–water partition coefficient (Wildman–Crippen LogP) is 3.32. The van der Waals surface area contributed by atoms with E-state index >= 15 is 0 Å². The smallest absolute Gasteiger partial charge is 0.270 e. The number of carbonyl (C=O) groups excluding carboxylic acids is 2. The normalized spacial score (nSPS) is 11.5. The van der Waals surface area contributed by atoms with Crippen LogP contribution < -0.4 is 15.6 Å². The van der Waals surface area contributed by atoms with Crippen molar-refractivity contribution in [3.63, 3.8) is 0 Å². The van der Waals surface area contributed by atoms with E-state index in [2.05, 4.69) is 10.9 Å². The second-order valence-corrected chi connectivity index (χ2v) is 6.45. The number of non-ortho nitro benzene ring substituents is 1. The van der Waals surface area contributed by atoms with E-state index in [0.29, 0.717) is 0 Å². The summed E-state index contributed by atoms with van der Waals surface area (Å²) < 4.78 is 5.21. The number of nitrogens with zero attached hydrogens (tertiary/aromatic N) is 1. The molecule has 0 radical (unpaired) electrons. The topological polar surface area (TPSA) is 111 Å². The Balaban J connectivity index is 1.67. The van der Waals surface area contributed by atoms with Gasteiger partial charge >= 0.3 is 0 Å². The molecule has 0 spiro atoms. The molecule has 0 aliphatic rings. The van der Waals surface area contributed by atoms with Crippen molar-refractivity contribution in [2.45, 2.75) is 12.8 Å². The minimum Gasteiger partial charge on any atom is -0.497 e. The lowest BCUT2D eigenvalue weighted by Gasteiger charge is -2.14. The molecule has 8 nitrogen and oxygen atoms in total. The van der Waals surface area contributed by atoms with Crippen LogP contribution in [0.15, 0.2) is 60.7 Å². The molecule has 2 amide bonds. The van der Waals surface area contributed by atoms with Gasteiger partial charge in [-0.1, -0.05) is 30.3 Å². The summed E-state index contributed by atoms with van der Waals surface area (Å²) in [5.74, 6) is -0.816. The molecule has 29 heavy (non-hydrogen) atoms. The van der Waals surface area contributed by atoms with Gasteiger partial charge in [0.25, 0.3) is 11.6 Å². The van der Waals surface area contributed by atoms with E-state index in [0.717, 1.165) is 28.2 Å². The first-order valence-corrected chi connectivity index (χ1v) is 8.81. The Morgan fingerprint density at radius 1 is 1.00 bits per heavy atom. The number of rotatable bonds is 5. The fourth-order valence-electron chi connectivity index (χ4n) is 2.85. The molecule has 148 valence electrons. The van der Waals surface area contributed by atoms with Gasteiger partial charge in [-0.15, -0.1) is 0 Å². The molecular weight excluding hydrogens is 374 g/mol. The fraction of sp³-hybridized carbons (Fsp3) is 0.143. The number of nitrogens with one attached hydrogen (secondary N) is 2. The van der Waals surface area contributed by atoms with Gasteiger partial charge in [0.15, 0.2) is 0 Å². The number of hydrogen-bond donors (Lipinski definition) is 2. The first kappa shape index (κ1) is 19.8. The average Bonchev–Trinajstić information content (AvgIpc) is 2.75. The molecule has 0 aliphatic carbocycles. The standard InChI is InChI=1S/C21H19N3O5/c1-13(14-6-7-16-12-19(29-2)9-8-15(16)10-14)20(25)22-23-21(26)17-4-3-5-18(11-17)24(27)28/h3-13H,1-2H3,(H,22,25)(H,23,26)/t13-/m0/s1. The molecule has 3 rings (SSSR count). The Morgan fingerprint density at radius 3 is 2.45 bits per heavy atom. The average molecular weight is 393 g/mol. The van der Waals surface area contributed by atoms with Crippen molar-refractivity contribution in [2.75, 3.05) is 7.11 Å². The minimum absolute atomic E-state index is 0.0757. The second-order valence-electron chi connectivity index (χ2n) is 6.45. The highest BCUT2D eigenvalue weighted by Gasteiger charge is 2.17. The zero-order valence-electron chi connectivity index (χ0n) is 15.8. The molecule has 0 saturated heterocycles. The second kappa shape index (κ2) is 8.39. The molecule has 0 aliphatic heterocycles. The summed E-state index contributed by atoms with van der Waals surface area (Å²) in [6.45, 7) is 1.72. The SMILES string of the molecule is COc1ccc2cc([C@H](C)C(=O)NNC(=O)c3cccc([N+](=O)[O-])c3)ccc2c1. The molecule has 3 aromatic rings. The van der Waals surface area contributed by atoms with Crippen LogP contribution in [0.4, 0.5) is 5.69 Å². The molecule has 1 atom stereocenters. The van der Waals surface area contributed by atoms with Crippen LogP contribution in [0, 0.1) is 10.1 Å². The number of fused-ring (bicyclic) bond motifs is 1. The lowest BCUT2D eigenvalue weighted by atomic mass is 9.97. The monoisotopic (exact) mass is 393 g/mol. The van der Waals surface area contributed by atoms with Gasteiger partial charge in [-0.25, -0.2) is 0 Å². The Hall–Kier alpha value is -3.94. The van der Waals surface area contributed by atoms with E-state index < -0.39 is 22.7 Å². The molecule has 0 fully saturated rings. The number of carbonyl (C=O) groups is 2. The molecule has 0 aromatic heterocycles. The summed E-state index contributed by atoms with van der Waals surface area (Å²) in [4.78, 5) is 34.8. The third-order valence-electron chi connectivity index (χ3n) is 4.58. The predicted molar refractivity (Wildman–Crippen MR) is 108 cm³/mol. The van der Waals surface area contributed by atoms with Crippen molar-refractivity contribution >= 4 is 28.3 Å². The van der Waals surface area contributed by atoms with Crippen LogP contribution >= 0.6 is 0 Å². The lowest BCUT2D eigenvalue weighted by molar-refractivity contribution is -0.384. The van der Waals surface area contributed by atoms with Crippen molar-refractivity contribution in [1.29, 1.82) is 0 Å². The van der Waals surface area contributed by atoms with Crippen molar-refractivity contribution in [2.24, 2.45) is 0 Å². The van der Waals surface area contributed by atoms with Gasteiger partial charge in [-0.2, -0.15) is 0 Å². The van der Waals surface area contributed by atoms with Gasteiger partial charge in [0.05, 0.1) is 18.0 Å². The van der Waals surface area contributed by atoms with Crippen LogP contribution in [0.25, 0.3) is 10.8 Å². The number of hydrogen-bond acceptors (Lipinski definition) is 5. The summed E-state index contributed by atoms with van der Waals surface area (Å²) in [7, 11) is 1.60. The maximum Gasteiger partial charge on any atom is 0.270 e. The van der Waals surface area contributed by atoms with Crippen LogP contribution in [-0.4, -0.2) is 23.8 Å². The first-order chi connectivity index (χ1) is 13.9. The van der Waals surface area contributed by atoms with Crippen LogP contribution in [0.3, 0.4) is 0 Å². The van der Waals surface area contributed by atoms with Gasteiger partial charge in [-0.05, 0) is 41.5 Å². The summed E-state index contributed by atoms with van der Waals surface area (Å²) in [5, 5.41) is 12.8. The highest BCUT2D eigenvalue weighted by Crippen LogP contribution is 2.25. The Bertz CT molecular complexity index is 1100. The first-order valence-electron chi connectivity index (χ1n) is 8.81. The van der Waals surface area contributed by atoms with Crippen molar-refractivity contribution < 1.29 is 19.2 Å². The highest BCUT2D eigenvalue weighted by atomic mass is 16.6. The quantitative estimate of drug-likeness (QED) is 0.510. The highest BCUT2D eigenvalue weighted by molar-refractivity contribution is 5.96. The molecule has 8 heteroatoms. The van der Waals surface area contributed by atoms with E-state index in [1.54, 1.807) is 14.0 Å². The van der Waals surface area contributed by atoms with Crippen LogP contribution in [-0.2, 0) is 4.79 Å². The van der Waals surface area contributed by atoms with Gasteiger partial charge < -0.3 is 4.74 Å². The Labute approximate surface area is 166 Å². The number of methoxy groups -OCH3 is 1. The Morgan fingerprint density at radius 2 is 1.72 bits per heavy atom. The summed E-state index contributed by atoms with van der Waals surface area (Å²) >= 11 is 0. The molecule has 2 N–H and O–H groups in total. The third kappa shape index (κ3) is 4.49. The summed E-state index contributed by atoms with van der Waals surface area (Å²) in [6.07, 6.45) is 0. The number of amides is 2. The summed E-state index contributed by atoms with van der Waals surface area (Å²) in [5.41, 5.74) is 5.31. The van der Waals surface area contributed by atoms with Crippen LogP contribution in [0.2, 0.25) is 0 Å². The van der Waals surface area contributed by atoms with Crippen LogP contribution in [0.5, 0.6) is 5.75 Å².